The molecule has 0 saturated carbocycles. The second-order valence-electron chi connectivity index (χ2n) is 6.26. The lowest BCUT2D eigenvalue weighted by Crippen LogP contribution is -2.29. The Balaban J connectivity index is 1.53. The van der Waals surface area contributed by atoms with Crippen LogP contribution in [-0.2, 0) is 9.59 Å². The fraction of sp³-hybridized carbons (Fsp3) is 0.190. The first-order valence-electron chi connectivity index (χ1n) is 8.70. The summed E-state index contributed by atoms with van der Waals surface area (Å²) in [6.45, 7) is 2.47. The van der Waals surface area contributed by atoms with E-state index in [0.717, 1.165) is 11.3 Å². The molecule has 0 radical (unpaired) electrons. The maximum atomic E-state index is 12.6. The van der Waals surface area contributed by atoms with Gasteiger partial charge in [-0.25, -0.2) is 0 Å². The van der Waals surface area contributed by atoms with Crippen LogP contribution in [-0.4, -0.2) is 27.6 Å². The normalized spacial score (nSPS) is 15.4. The molecular weight excluding hydrogens is 376 g/mol. The molecule has 0 atom stereocenters. The first-order chi connectivity index (χ1) is 13.0. The molecule has 1 N–H and O–H groups in total. The van der Waals surface area contributed by atoms with Crippen LogP contribution < -0.4 is 5.32 Å². The van der Waals surface area contributed by atoms with Gasteiger partial charge in [0.05, 0.1) is 4.91 Å². The van der Waals surface area contributed by atoms with Gasteiger partial charge in [-0.05, 0) is 37.1 Å². The SMILES string of the molecule is Cc1ccc(/C=C2/SC(=S)N(CCCC(=O)Nc3ccccc3)C2=O)cc1. The Kier molecular flexibility index (Phi) is 6.42. The third kappa shape index (κ3) is 5.28. The van der Waals surface area contributed by atoms with Gasteiger partial charge in [-0.3, -0.25) is 14.5 Å². The molecule has 3 rings (SSSR count). The summed E-state index contributed by atoms with van der Waals surface area (Å²) in [4.78, 5) is 26.8. The molecule has 2 aromatic carbocycles. The number of hydrogen-bond acceptors (Lipinski definition) is 4. The summed E-state index contributed by atoms with van der Waals surface area (Å²) in [5.74, 6) is -0.157. The maximum Gasteiger partial charge on any atom is 0.266 e. The summed E-state index contributed by atoms with van der Waals surface area (Å²) in [5, 5.41) is 2.84. The van der Waals surface area contributed by atoms with Gasteiger partial charge in [0.25, 0.3) is 5.91 Å². The predicted octanol–water partition coefficient (Wildman–Crippen LogP) is 4.62. The average molecular weight is 397 g/mol. The largest absolute Gasteiger partial charge is 0.326 e. The van der Waals surface area contributed by atoms with Crippen molar-refractivity contribution in [3.05, 3.63) is 70.6 Å². The van der Waals surface area contributed by atoms with Gasteiger partial charge in [0, 0.05) is 18.7 Å². The van der Waals surface area contributed by atoms with Crippen LogP contribution in [0.2, 0.25) is 0 Å². The van der Waals surface area contributed by atoms with Gasteiger partial charge in [-0.1, -0.05) is 72.0 Å². The van der Waals surface area contributed by atoms with Crippen LogP contribution in [0, 0.1) is 6.92 Å². The number of benzene rings is 2. The zero-order valence-corrected chi connectivity index (χ0v) is 16.6. The van der Waals surface area contributed by atoms with Crippen molar-refractivity contribution in [1.29, 1.82) is 0 Å². The topological polar surface area (TPSA) is 49.4 Å². The summed E-state index contributed by atoms with van der Waals surface area (Å²) in [5.41, 5.74) is 2.92. The Bertz CT molecular complexity index is 877. The van der Waals surface area contributed by atoms with Gasteiger partial charge in [0.2, 0.25) is 5.91 Å². The van der Waals surface area contributed by atoms with Crippen molar-refractivity contribution in [2.75, 3.05) is 11.9 Å². The lowest BCUT2D eigenvalue weighted by molar-refractivity contribution is -0.122. The fourth-order valence-corrected chi connectivity index (χ4v) is 3.96. The smallest absolute Gasteiger partial charge is 0.266 e. The highest BCUT2D eigenvalue weighted by Crippen LogP contribution is 2.32. The Labute approximate surface area is 168 Å². The van der Waals surface area contributed by atoms with Crippen LogP contribution in [0.25, 0.3) is 6.08 Å². The molecule has 0 aliphatic carbocycles. The van der Waals surface area contributed by atoms with Crippen LogP contribution in [0.1, 0.15) is 24.0 Å². The van der Waals surface area contributed by atoms with Gasteiger partial charge >= 0.3 is 0 Å². The standard InChI is InChI=1S/C21H20N2O2S2/c1-15-9-11-16(12-10-15)14-18-20(25)23(21(26)27-18)13-5-8-19(24)22-17-6-3-2-4-7-17/h2-4,6-7,9-12,14H,5,8,13H2,1H3,(H,22,24)/b18-14+. The summed E-state index contributed by atoms with van der Waals surface area (Å²) in [6, 6.07) is 17.3. The summed E-state index contributed by atoms with van der Waals surface area (Å²) < 4.78 is 0.543. The number of nitrogens with one attached hydrogen (secondary N) is 1. The van der Waals surface area contributed by atoms with Crippen molar-refractivity contribution in [1.82, 2.24) is 4.90 Å². The molecule has 1 aliphatic rings. The zero-order valence-electron chi connectivity index (χ0n) is 15.0. The van der Waals surface area contributed by atoms with Crippen molar-refractivity contribution in [3.8, 4) is 0 Å². The lowest BCUT2D eigenvalue weighted by Gasteiger charge is -2.14. The third-order valence-corrected chi connectivity index (χ3v) is 5.47. The van der Waals surface area contributed by atoms with E-state index in [1.54, 1.807) is 4.90 Å². The van der Waals surface area contributed by atoms with Crippen molar-refractivity contribution in [2.24, 2.45) is 0 Å². The number of hydrogen-bond donors (Lipinski definition) is 1. The quantitative estimate of drug-likeness (QED) is 0.572. The molecule has 4 nitrogen and oxygen atoms in total. The number of nitrogens with zero attached hydrogens (tertiary/aromatic N) is 1. The molecule has 1 aliphatic heterocycles. The van der Waals surface area contributed by atoms with Gasteiger partial charge < -0.3 is 5.32 Å². The van der Waals surface area contributed by atoms with E-state index in [0.29, 0.717) is 28.6 Å². The number of thiocarbonyl (C=S) groups is 1. The minimum absolute atomic E-state index is 0.0677. The zero-order chi connectivity index (χ0) is 19.2. The van der Waals surface area contributed by atoms with Crippen LogP contribution in [0.5, 0.6) is 0 Å². The molecule has 0 bridgehead atoms. The molecule has 1 saturated heterocycles. The maximum absolute atomic E-state index is 12.6. The monoisotopic (exact) mass is 396 g/mol. The highest BCUT2D eigenvalue weighted by atomic mass is 32.2. The number of carbonyl (C=O) groups is 2. The predicted molar refractivity (Wildman–Crippen MR) is 115 cm³/mol. The van der Waals surface area contributed by atoms with Crippen molar-refractivity contribution >= 4 is 51.9 Å². The van der Waals surface area contributed by atoms with Gasteiger partial charge in [0.1, 0.15) is 4.32 Å². The molecule has 0 unspecified atom stereocenters. The van der Waals surface area contributed by atoms with Gasteiger partial charge in [-0.15, -0.1) is 0 Å². The Hall–Kier alpha value is -2.44. The first kappa shape index (κ1) is 19.3. The summed E-state index contributed by atoms with van der Waals surface area (Å²) >= 11 is 6.65. The lowest BCUT2D eigenvalue weighted by atomic mass is 10.1. The minimum Gasteiger partial charge on any atom is -0.326 e. The Morgan fingerprint density at radius 1 is 1.15 bits per heavy atom. The molecule has 1 fully saturated rings. The molecule has 0 spiro atoms. The van der Waals surface area contributed by atoms with E-state index >= 15 is 0 Å². The van der Waals surface area contributed by atoms with E-state index in [-0.39, 0.29) is 11.8 Å². The molecule has 1 heterocycles. The van der Waals surface area contributed by atoms with Crippen LogP contribution in [0.4, 0.5) is 5.69 Å². The highest BCUT2D eigenvalue weighted by molar-refractivity contribution is 8.26. The molecule has 27 heavy (non-hydrogen) atoms. The number of aryl methyl sites for hydroxylation is 1. The molecule has 2 aromatic rings. The molecule has 138 valence electrons. The highest BCUT2D eigenvalue weighted by Gasteiger charge is 2.31. The number of carbonyl (C=O) groups excluding carboxylic acids is 2. The van der Waals surface area contributed by atoms with Crippen molar-refractivity contribution < 1.29 is 9.59 Å². The van der Waals surface area contributed by atoms with Crippen LogP contribution >= 0.6 is 24.0 Å². The number of para-hydroxylation sites is 1. The van der Waals surface area contributed by atoms with Crippen LogP contribution in [0.3, 0.4) is 0 Å². The van der Waals surface area contributed by atoms with E-state index in [4.69, 9.17) is 12.2 Å². The molecule has 0 aromatic heterocycles. The van der Waals surface area contributed by atoms with E-state index < -0.39 is 0 Å². The summed E-state index contributed by atoms with van der Waals surface area (Å²) in [7, 11) is 0. The number of thioether (sulfide) groups is 1. The van der Waals surface area contributed by atoms with Crippen LogP contribution in [0.15, 0.2) is 59.5 Å². The van der Waals surface area contributed by atoms with Crippen molar-refractivity contribution in [3.63, 3.8) is 0 Å². The van der Waals surface area contributed by atoms with Gasteiger partial charge in [0.15, 0.2) is 0 Å². The summed E-state index contributed by atoms with van der Waals surface area (Å²) in [6.07, 6.45) is 2.76. The van der Waals surface area contributed by atoms with Crippen molar-refractivity contribution in [2.45, 2.75) is 19.8 Å². The van der Waals surface area contributed by atoms with E-state index in [1.165, 1.54) is 17.3 Å². The second kappa shape index (κ2) is 8.97. The first-order valence-corrected chi connectivity index (χ1v) is 9.92. The number of amides is 2. The Morgan fingerprint density at radius 2 is 1.85 bits per heavy atom. The molecular formula is C21H20N2O2S2. The molecule has 6 heteroatoms. The third-order valence-electron chi connectivity index (χ3n) is 4.09. The fourth-order valence-electron chi connectivity index (χ4n) is 2.65. The van der Waals surface area contributed by atoms with E-state index in [9.17, 15) is 9.59 Å². The van der Waals surface area contributed by atoms with Gasteiger partial charge in [-0.2, -0.15) is 0 Å². The van der Waals surface area contributed by atoms with E-state index in [2.05, 4.69) is 5.32 Å². The second-order valence-corrected chi connectivity index (χ2v) is 7.94. The number of anilines is 1. The average Bonchev–Trinajstić information content (AvgIpc) is 2.92. The van der Waals surface area contributed by atoms with E-state index in [1.807, 2.05) is 67.6 Å². The Morgan fingerprint density at radius 3 is 2.56 bits per heavy atom. The number of rotatable bonds is 6. The molecule has 2 amide bonds. The minimum atomic E-state index is -0.0888.